The number of hydrogen-bond acceptors (Lipinski definition) is 7. The van der Waals surface area contributed by atoms with E-state index in [1.54, 1.807) is 21.3 Å². The summed E-state index contributed by atoms with van der Waals surface area (Å²) in [4.78, 5) is 19.7. The molecule has 1 saturated heterocycles. The van der Waals surface area contributed by atoms with Crippen LogP contribution in [0.5, 0.6) is 17.2 Å². The molecule has 1 aliphatic carbocycles. The smallest absolute Gasteiger partial charge is 0.223 e. The van der Waals surface area contributed by atoms with Gasteiger partial charge >= 0.3 is 0 Å². The van der Waals surface area contributed by atoms with Gasteiger partial charge in [-0.25, -0.2) is 4.98 Å². The summed E-state index contributed by atoms with van der Waals surface area (Å²) in [6, 6.07) is 3.76. The van der Waals surface area contributed by atoms with Crippen molar-refractivity contribution >= 4 is 5.91 Å². The summed E-state index contributed by atoms with van der Waals surface area (Å²) in [5.74, 6) is 3.88. The van der Waals surface area contributed by atoms with E-state index in [4.69, 9.17) is 14.2 Å². The molecular formula is C23H33N5O4. The van der Waals surface area contributed by atoms with Crippen LogP contribution >= 0.6 is 0 Å². The standard InChI is InChI=1S/C23H33N5O4/c1-14-24-22(27-26-14)17-12-28(13-18(17)25-23(29)15-7-5-6-8-15)11-16-9-20(31-3)21(32-4)10-19(16)30-2/h9-10,15,17-18H,5-8,11-13H2,1-4H3,(H,25,29)(H,24,26,27)/t17-,18-/m1/s1. The lowest BCUT2D eigenvalue weighted by molar-refractivity contribution is -0.125. The summed E-state index contributed by atoms with van der Waals surface area (Å²) in [6.07, 6.45) is 4.24. The quantitative estimate of drug-likeness (QED) is 0.646. The van der Waals surface area contributed by atoms with E-state index >= 15 is 0 Å². The van der Waals surface area contributed by atoms with Gasteiger partial charge in [0, 0.05) is 37.2 Å². The largest absolute Gasteiger partial charge is 0.496 e. The molecule has 1 aromatic heterocycles. The summed E-state index contributed by atoms with van der Waals surface area (Å²) >= 11 is 0. The highest BCUT2D eigenvalue weighted by atomic mass is 16.5. The van der Waals surface area contributed by atoms with Crippen LogP contribution in [0.25, 0.3) is 0 Å². The lowest BCUT2D eigenvalue weighted by atomic mass is 10.0. The second-order valence-corrected chi connectivity index (χ2v) is 8.70. The molecule has 2 atom stereocenters. The van der Waals surface area contributed by atoms with Crippen LogP contribution < -0.4 is 19.5 Å². The first-order valence-corrected chi connectivity index (χ1v) is 11.2. The highest BCUT2D eigenvalue weighted by Gasteiger charge is 2.38. The Labute approximate surface area is 188 Å². The number of methoxy groups -OCH3 is 3. The predicted molar refractivity (Wildman–Crippen MR) is 119 cm³/mol. The zero-order valence-corrected chi connectivity index (χ0v) is 19.3. The fourth-order valence-corrected chi connectivity index (χ4v) is 4.89. The number of carbonyl (C=O) groups is 1. The summed E-state index contributed by atoms with van der Waals surface area (Å²) in [7, 11) is 4.89. The molecule has 0 bridgehead atoms. The predicted octanol–water partition coefficient (Wildman–Crippen LogP) is 2.41. The second kappa shape index (κ2) is 9.77. The second-order valence-electron chi connectivity index (χ2n) is 8.70. The van der Waals surface area contributed by atoms with E-state index in [2.05, 4.69) is 25.4 Å². The maximum atomic E-state index is 12.9. The zero-order valence-electron chi connectivity index (χ0n) is 19.3. The van der Waals surface area contributed by atoms with Gasteiger partial charge in [0.15, 0.2) is 17.3 Å². The molecule has 1 saturated carbocycles. The SMILES string of the molecule is COc1cc(OC)c(OC)cc1CN1C[C@@H](NC(=O)C2CCCC2)[C@H](c2n[nH]c(C)n2)C1. The Hall–Kier alpha value is -2.81. The number of aromatic amines is 1. The van der Waals surface area contributed by atoms with Crippen LogP contribution in [-0.4, -0.2) is 66.4 Å². The van der Waals surface area contributed by atoms with Crippen molar-refractivity contribution in [2.24, 2.45) is 5.92 Å². The van der Waals surface area contributed by atoms with Crippen LogP contribution in [0.1, 0.15) is 48.8 Å². The van der Waals surface area contributed by atoms with Crippen molar-refractivity contribution in [3.05, 3.63) is 29.3 Å². The number of likely N-dealkylation sites (tertiary alicyclic amines) is 1. The topological polar surface area (TPSA) is 102 Å². The molecular weight excluding hydrogens is 410 g/mol. The van der Waals surface area contributed by atoms with E-state index in [1.165, 1.54) is 0 Å². The van der Waals surface area contributed by atoms with Gasteiger partial charge in [-0.2, -0.15) is 5.10 Å². The molecule has 2 N–H and O–H groups in total. The number of H-pyrrole nitrogens is 1. The Morgan fingerprint density at radius 2 is 1.78 bits per heavy atom. The number of rotatable bonds is 8. The minimum atomic E-state index is -0.0376. The summed E-state index contributed by atoms with van der Waals surface area (Å²) in [5.41, 5.74) is 0.998. The average molecular weight is 444 g/mol. The van der Waals surface area contributed by atoms with E-state index in [0.29, 0.717) is 24.6 Å². The molecule has 4 rings (SSSR count). The number of aryl methyl sites for hydroxylation is 1. The third kappa shape index (κ3) is 4.67. The van der Waals surface area contributed by atoms with Gasteiger partial charge in [-0.3, -0.25) is 14.8 Å². The van der Waals surface area contributed by atoms with E-state index < -0.39 is 0 Å². The highest BCUT2D eigenvalue weighted by Crippen LogP contribution is 2.36. The Kier molecular flexibility index (Phi) is 6.83. The van der Waals surface area contributed by atoms with E-state index in [0.717, 1.165) is 55.2 Å². The van der Waals surface area contributed by atoms with Crippen LogP contribution in [0, 0.1) is 12.8 Å². The summed E-state index contributed by atoms with van der Waals surface area (Å²) in [6.45, 7) is 4.00. The van der Waals surface area contributed by atoms with Crippen molar-refractivity contribution in [1.29, 1.82) is 0 Å². The number of carbonyl (C=O) groups excluding carboxylic acids is 1. The third-order valence-corrected chi connectivity index (χ3v) is 6.58. The number of aromatic nitrogens is 3. The van der Waals surface area contributed by atoms with Crippen molar-refractivity contribution < 1.29 is 19.0 Å². The van der Waals surface area contributed by atoms with Crippen LogP contribution in [0.15, 0.2) is 12.1 Å². The van der Waals surface area contributed by atoms with E-state index in [1.807, 2.05) is 19.1 Å². The minimum Gasteiger partial charge on any atom is -0.496 e. The Bertz CT molecular complexity index is 940. The van der Waals surface area contributed by atoms with Crippen molar-refractivity contribution in [2.45, 2.75) is 51.1 Å². The molecule has 9 heteroatoms. The molecule has 1 aromatic carbocycles. The first-order valence-electron chi connectivity index (χ1n) is 11.2. The van der Waals surface area contributed by atoms with Gasteiger partial charge < -0.3 is 19.5 Å². The zero-order chi connectivity index (χ0) is 22.7. The number of hydrogen-bond donors (Lipinski definition) is 2. The molecule has 0 spiro atoms. The van der Waals surface area contributed by atoms with Crippen molar-refractivity contribution in [1.82, 2.24) is 25.4 Å². The van der Waals surface area contributed by atoms with Crippen molar-refractivity contribution in [2.75, 3.05) is 34.4 Å². The fraction of sp³-hybridized carbons (Fsp3) is 0.609. The molecule has 2 aliphatic rings. The van der Waals surface area contributed by atoms with Gasteiger partial charge in [-0.1, -0.05) is 12.8 Å². The maximum Gasteiger partial charge on any atom is 0.223 e. The van der Waals surface area contributed by atoms with Gasteiger partial charge in [0.05, 0.1) is 33.3 Å². The monoisotopic (exact) mass is 443 g/mol. The number of benzene rings is 1. The number of ether oxygens (including phenoxy) is 3. The number of amides is 1. The minimum absolute atomic E-state index is 0.0245. The molecule has 1 aliphatic heterocycles. The Morgan fingerprint density at radius 3 is 2.41 bits per heavy atom. The molecule has 2 heterocycles. The van der Waals surface area contributed by atoms with Gasteiger partial charge in [-0.15, -0.1) is 0 Å². The van der Waals surface area contributed by atoms with Crippen molar-refractivity contribution in [3.63, 3.8) is 0 Å². The van der Waals surface area contributed by atoms with E-state index in [9.17, 15) is 4.79 Å². The third-order valence-electron chi connectivity index (χ3n) is 6.58. The van der Waals surface area contributed by atoms with Gasteiger partial charge in [-0.05, 0) is 25.8 Å². The first kappa shape index (κ1) is 22.4. The van der Waals surface area contributed by atoms with Crippen LogP contribution in [0.3, 0.4) is 0 Å². The molecule has 2 fully saturated rings. The molecule has 0 unspecified atom stereocenters. The molecule has 2 aromatic rings. The summed E-state index contributed by atoms with van der Waals surface area (Å²) in [5, 5.41) is 10.7. The van der Waals surface area contributed by atoms with Crippen molar-refractivity contribution in [3.8, 4) is 17.2 Å². The van der Waals surface area contributed by atoms with E-state index in [-0.39, 0.29) is 23.8 Å². The van der Waals surface area contributed by atoms with Crippen LogP contribution in [0.4, 0.5) is 0 Å². The lowest BCUT2D eigenvalue weighted by Crippen LogP contribution is -2.42. The number of nitrogens with one attached hydrogen (secondary N) is 2. The van der Waals surface area contributed by atoms with Gasteiger partial charge in [0.2, 0.25) is 5.91 Å². The first-order chi connectivity index (χ1) is 15.5. The molecule has 174 valence electrons. The molecule has 9 nitrogen and oxygen atoms in total. The molecule has 32 heavy (non-hydrogen) atoms. The lowest BCUT2D eigenvalue weighted by Gasteiger charge is -2.21. The summed E-state index contributed by atoms with van der Waals surface area (Å²) < 4.78 is 16.5. The van der Waals surface area contributed by atoms with Crippen LogP contribution in [-0.2, 0) is 11.3 Å². The fourth-order valence-electron chi connectivity index (χ4n) is 4.89. The average Bonchev–Trinajstić information content (AvgIpc) is 3.55. The molecule has 0 radical (unpaired) electrons. The Balaban J connectivity index is 1.54. The van der Waals surface area contributed by atoms with Gasteiger partial charge in [0.25, 0.3) is 0 Å². The molecule has 1 amide bonds. The number of nitrogens with zero attached hydrogens (tertiary/aromatic N) is 3. The van der Waals surface area contributed by atoms with Gasteiger partial charge in [0.1, 0.15) is 11.6 Å². The van der Waals surface area contributed by atoms with Crippen LogP contribution in [0.2, 0.25) is 0 Å². The Morgan fingerprint density at radius 1 is 1.09 bits per heavy atom. The highest BCUT2D eigenvalue weighted by molar-refractivity contribution is 5.79. The normalized spacial score (nSPS) is 21.6. The maximum absolute atomic E-state index is 12.9.